The van der Waals surface area contributed by atoms with E-state index in [9.17, 15) is 4.79 Å². The lowest BCUT2D eigenvalue weighted by atomic mass is 9.94. The number of rotatable bonds is 6. The van der Waals surface area contributed by atoms with E-state index in [1.54, 1.807) is 0 Å². The van der Waals surface area contributed by atoms with Crippen LogP contribution in [0.5, 0.6) is 0 Å². The molecular formula is C14H20O. The van der Waals surface area contributed by atoms with Crippen LogP contribution in [0.4, 0.5) is 0 Å². The van der Waals surface area contributed by atoms with Crippen LogP contribution in [0.15, 0.2) is 24.3 Å². The van der Waals surface area contributed by atoms with Crippen molar-refractivity contribution >= 4 is 6.29 Å². The third kappa shape index (κ3) is 4.28. The Kier molecular flexibility index (Phi) is 5.09. The van der Waals surface area contributed by atoms with Crippen molar-refractivity contribution in [2.24, 2.45) is 5.92 Å². The predicted octanol–water partition coefficient (Wildman–Crippen LogP) is 3.54. The summed E-state index contributed by atoms with van der Waals surface area (Å²) in [5.74, 6) is 0.558. The highest BCUT2D eigenvalue weighted by molar-refractivity contribution is 5.49. The molecule has 1 heteroatoms. The van der Waals surface area contributed by atoms with Gasteiger partial charge >= 0.3 is 0 Å². The molecule has 0 spiro atoms. The van der Waals surface area contributed by atoms with Crippen LogP contribution in [0, 0.1) is 12.8 Å². The summed E-state index contributed by atoms with van der Waals surface area (Å²) >= 11 is 0. The predicted molar refractivity (Wildman–Crippen MR) is 64.0 cm³/mol. The fourth-order valence-electron chi connectivity index (χ4n) is 1.86. The van der Waals surface area contributed by atoms with Crippen LogP contribution >= 0.6 is 0 Å². The topological polar surface area (TPSA) is 17.1 Å². The van der Waals surface area contributed by atoms with Crippen molar-refractivity contribution in [2.75, 3.05) is 0 Å². The van der Waals surface area contributed by atoms with Gasteiger partial charge in [0.1, 0.15) is 6.29 Å². The second-order valence-corrected chi connectivity index (χ2v) is 4.20. The molecule has 82 valence electrons. The van der Waals surface area contributed by atoms with Gasteiger partial charge in [0.15, 0.2) is 0 Å². The molecule has 0 aliphatic rings. The van der Waals surface area contributed by atoms with Gasteiger partial charge in [0.25, 0.3) is 0 Å². The van der Waals surface area contributed by atoms with Crippen molar-refractivity contribution in [3.05, 3.63) is 35.4 Å². The number of aryl methyl sites for hydroxylation is 2. The molecule has 0 bridgehead atoms. The fraction of sp³-hybridized carbons (Fsp3) is 0.500. The first-order valence-corrected chi connectivity index (χ1v) is 5.75. The van der Waals surface area contributed by atoms with Crippen LogP contribution in [-0.2, 0) is 11.2 Å². The summed E-state index contributed by atoms with van der Waals surface area (Å²) in [6.45, 7) is 4.27. The van der Waals surface area contributed by atoms with Gasteiger partial charge in [0.2, 0.25) is 0 Å². The van der Waals surface area contributed by atoms with Crippen molar-refractivity contribution in [1.82, 2.24) is 0 Å². The largest absolute Gasteiger partial charge is 0.303 e. The minimum atomic E-state index is 0.558. The van der Waals surface area contributed by atoms with Gasteiger partial charge in [-0.05, 0) is 31.2 Å². The molecule has 1 aromatic carbocycles. The van der Waals surface area contributed by atoms with Crippen molar-refractivity contribution in [1.29, 1.82) is 0 Å². The van der Waals surface area contributed by atoms with Gasteiger partial charge in [-0.3, -0.25) is 0 Å². The Morgan fingerprint density at radius 1 is 1.40 bits per heavy atom. The quantitative estimate of drug-likeness (QED) is 0.648. The lowest BCUT2D eigenvalue weighted by Crippen LogP contribution is -2.01. The molecule has 1 atom stereocenters. The summed E-state index contributed by atoms with van der Waals surface area (Å²) in [5, 5.41) is 0. The van der Waals surface area contributed by atoms with E-state index in [1.165, 1.54) is 11.1 Å². The molecule has 15 heavy (non-hydrogen) atoms. The van der Waals surface area contributed by atoms with Crippen molar-refractivity contribution in [3.63, 3.8) is 0 Å². The molecule has 0 heterocycles. The van der Waals surface area contributed by atoms with Gasteiger partial charge in [-0.2, -0.15) is 0 Å². The molecule has 0 fully saturated rings. The van der Waals surface area contributed by atoms with E-state index >= 15 is 0 Å². The van der Waals surface area contributed by atoms with Crippen molar-refractivity contribution < 1.29 is 4.79 Å². The minimum absolute atomic E-state index is 0.558. The van der Waals surface area contributed by atoms with E-state index in [1.807, 2.05) is 0 Å². The molecule has 1 nitrogen and oxygen atoms in total. The first-order chi connectivity index (χ1) is 7.26. The number of carbonyl (C=O) groups is 1. The third-order valence-corrected chi connectivity index (χ3v) is 2.93. The van der Waals surface area contributed by atoms with E-state index in [0.29, 0.717) is 12.3 Å². The van der Waals surface area contributed by atoms with Gasteiger partial charge in [-0.25, -0.2) is 0 Å². The number of benzene rings is 1. The lowest BCUT2D eigenvalue weighted by Gasteiger charge is -2.11. The van der Waals surface area contributed by atoms with E-state index in [2.05, 4.69) is 38.1 Å². The van der Waals surface area contributed by atoms with Crippen molar-refractivity contribution in [3.8, 4) is 0 Å². The normalized spacial score (nSPS) is 12.4. The zero-order valence-corrected chi connectivity index (χ0v) is 9.70. The molecule has 1 rings (SSSR count). The Morgan fingerprint density at radius 3 is 2.80 bits per heavy atom. The van der Waals surface area contributed by atoms with E-state index in [0.717, 1.165) is 25.5 Å². The van der Waals surface area contributed by atoms with Crippen LogP contribution in [0.25, 0.3) is 0 Å². The SMILES string of the molecule is CC[C@@H](CC=O)CCc1cccc(C)c1. The molecular weight excluding hydrogens is 184 g/mol. The Balaban J connectivity index is 2.44. The molecule has 0 amide bonds. The minimum Gasteiger partial charge on any atom is -0.303 e. The lowest BCUT2D eigenvalue weighted by molar-refractivity contribution is -0.108. The van der Waals surface area contributed by atoms with Gasteiger partial charge < -0.3 is 4.79 Å². The maximum absolute atomic E-state index is 10.4. The summed E-state index contributed by atoms with van der Waals surface area (Å²) < 4.78 is 0. The first kappa shape index (κ1) is 12.0. The number of aldehydes is 1. The fourth-order valence-corrected chi connectivity index (χ4v) is 1.86. The highest BCUT2D eigenvalue weighted by Crippen LogP contribution is 2.16. The first-order valence-electron chi connectivity index (χ1n) is 5.75. The molecule has 1 aromatic rings. The summed E-state index contributed by atoms with van der Waals surface area (Å²) in [7, 11) is 0. The van der Waals surface area contributed by atoms with E-state index in [4.69, 9.17) is 0 Å². The average molecular weight is 204 g/mol. The number of hydrogen-bond acceptors (Lipinski definition) is 1. The molecule has 0 saturated heterocycles. The monoisotopic (exact) mass is 204 g/mol. The second-order valence-electron chi connectivity index (χ2n) is 4.20. The Labute approximate surface area is 92.5 Å². The van der Waals surface area contributed by atoms with Crippen molar-refractivity contribution in [2.45, 2.75) is 39.5 Å². The summed E-state index contributed by atoms with van der Waals surface area (Å²) in [5.41, 5.74) is 2.70. The van der Waals surface area contributed by atoms with Crippen LogP contribution in [-0.4, -0.2) is 6.29 Å². The van der Waals surface area contributed by atoms with Crippen LogP contribution in [0.2, 0.25) is 0 Å². The molecule has 0 N–H and O–H groups in total. The maximum Gasteiger partial charge on any atom is 0.120 e. The van der Waals surface area contributed by atoms with Gasteiger partial charge in [0, 0.05) is 6.42 Å². The highest BCUT2D eigenvalue weighted by atomic mass is 16.1. The average Bonchev–Trinajstić information content (AvgIpc) is 2.24. The van der Waals surface area contributed by atoms with E-state index < -0.39 is 0 Å². The molecule has 0 aromatic heterocycles. The standard InChI is InChI=1S/C14H20O/c1-3-13(9-10-15)7-8-14-6-4-5-12(2)11-14/h4-6,10-11,13H,3,7-9H2,1-2H3/t13-/m1/s1. The van der Waals surface area contributed by atoms with Gasteiger partial charge in [-0.1, -0.05) is 43.2 Å². The zero-order valence-electron chi connectivity index (χ0n) is 9.70. The van der Waals surface area contributed by atoms with Crippen LogP contribution in [0.1, 0.15) is 37.3 Å². The smallest absolute Gasteiger partial charge is 0.120 e. The van der Waals surface area contributed by atoms with E-state index in [-0.39, 0.29) is 0 Å². The van der Waals surface area contributed by atoms with Gasteiger partial charge in [-0.15, -0.1) is 0 Å². The molecule has 0 saturated carbocycles. The maximum atomic E-state index is 10.4. The summed E-state index contributed by atoms with van der Waals surface area (Å²) in [4.78, 5) is 10.4. The summed E-state index contributed by atoms with van der Waals surface area (Å²) in [6.07, 6.45) is 5.07. The molecule has 0 aliphatic heterocycles. The Hall–Kier alpha value is -1.11. The third-order valence-electron chi connectivity index (χ3n) is 2.93. The highest BCUT2D eigenvalue weighted by Gasteiger charge is 2.05. The van der Waals surface area contributed by atoms with Gasteiger partial charge in [0.05, 0.1) is 0 Å². The molecule has 0 aliphatic carbocycles. The van der Waals surface area contributed by atoms with Crippen LogP contribution < -0.4 is 0 Å². The molecule has 0 radical (unpaired) electrons. The van der Waals surface area contributed by atoms with Crippen LogP contribution in [0.3, 0.4) is 0 Å². The zero-order chi connectivity index (χ0) is 11.1. The Bertz CT molecular complexity index is 304. The Morgan fingerprint density at radius 2 is 2.20 bits per heavy atom. The molecule has 0 unspecified atom stereocenters. The summed E-state index contributed by atoms with van der Waals surface area (Å²) in [6, 6.07) is 8.62. The second kappa shape index (κ2) is 6.39. The number of hydrogen-bond donors (Lipinski definition) is 0. The number of carbonyl (C=O) groups excluding carboxylic acids is 1.